The van der Waals surface area contributed by atoms with E-state index in [0.29, 0.717) is 18.7 Å². The van der Waals surface area contributed by atoms with E-state index < -0.39 is 10.0 Å². The molecule has 1 aliphatic heterocycles. The van der Waals surface area contributed by atoms with Crippen LogP contribution in [0.1, 0.15) is 29.0 Å². The Labute approximate surface area is 168 Å². The van der Waals surface area contributed by atoms with Crippen LogP contribution in [0.4, 0.5) is 5.69 Å². The summed E-state index contributed by atoms with van der Waals surface area (Å²) in [5, 5.41) is 4.63. The van der Waals surface area contributed by atoms with Crippen molar-refractivity contribution < 1.29 is 13.2 Å². The summed E-state index contributed by atoms with van der Waals surface area (Å²) >= 11 is 1.56. The van der Waals surface area contributed by atoms with Gasteiger partial charge in [-0.1, -0.05) is 30.3 Å². The van der Waals surface area contributed by atoms with Crippen molar-refractivity contribution in [2.75, 3.05) is 11.9 Å². The largest absolute Gasteiger partial charge is 0.326 e. The molecule has 0 aliphatic carbocycles. The summed E-state index contributed by atoms with van der Waals surface area (Å²) in [5.41, 5.74) is 2.80. The van der Waals surface area contributed by atoms with Crippen LogP contribution in [0.5, 0.6) is 0 Å². The van der Waals surface area contributed by atoms with Crippen LogP contribution in [0.25, 0.3) is 0 Å². The van der Waals surface area contributed by atoms with E-state index in [1.54, 1.807) is 39.9 Å². The molecule has 1 amide bonds. The Kier molecular flexibility index (Phi) is 5.05. The molecule has 0 fully saturated rings. The maximum atomic E-state index is 13.5. The molecule has 3 aromatic rings. The lowest BCUT2D eigenvalue weighted by atomic mass is 9.93. The van der Waals surface area contributed by atoms with E-state index in [0.717, 1.165) is 10.4 Å². The molecule has 28 heavy (non-hydrogen) atoms. The molecule has 1 unspecified atom stereocenters. The number of hydrogen-bond donors (Lipinski definition) is 1. The van der Waals surface area contributed by atoms with E-state index in [2.05, 4.69) is 11.4 Å². The van der Waals surface area contributed by atoms with Gasteiger partial charge >= 0.3 is 0 Å². The molecule has 1 aliphatic rings. The van der Waals surface area contributed by atoms with Crippen molar-refractivity contribution in [1.82, 2.24) is 4.31 Å². The van der Waals surface area contributed by atoms with Crippen molar-refractivity contribution in [1.29, 1.82) is 0 Å². The van der Waals surface area contributed by atoms with Crippen LogP contribution in [-0.4, -0.2) is 25.2 Å². The average molecular weight is 413 g/mol. The van der Waals surface area contributed by atoms with Crippen molar-refractivity contribution in [3.63, 3.8) is 0 Å². The third-order valence-corrected chi connectivity index (χ3v) is 7.64. The molecule has 5 nitrogen and oxygen atoms in total. The molecule has 0 saturated heterocycles. The van der Waals surface area contributed by atoms with Gasteiger partial charge in [0.15, 0.2) is 0 Å². The number of nitrogens with one attached hydrogen (secondary N) is 1. The summed E-state index contributed by atoms with van der Waals surface area (Å²) in [7, 11) is -3.70. The van der Waals surface area contributed by atoms with E-state index in [1.165, 1.54) is 12.5 Å². The normalized spacial score (nSPS) is 17.1. The molecule has 0 spiro atoms. The predicted molar refractivity (Wildman–Crippen MR) is 111 cm³/mol. The highest BCUT2D eigenvalue weighted by atomic mass is 32.2. The van der Waals surface area contributed by atoms with Crippen LogP contribution in [0, 0.1) is 0 Å². The Morgan fingerprint density at radius 1 is 1.07 bits per heavy atom. The van der Waals surface area contributed by atoms with Crippen LogP contribution in [-0.2, 0) is 21.2 Å². The van der Waals surface area contributed by atoms with Crippen molar-refractivity contribution in [3.05, 3.63) is 82.0 Å². The van der Waals surface area contributed by atoms with Crippen molar-refractivity contribution in [3.8, 4) is 0 Å². The molecular formula is C21H20N2O3S2. The smallest absolute Gasteiger partial charge is 0.243 e. The molecule has 0 radical (unpaired) electrons. The number of carbonyl (C=O) groups is 1. The minimum Gasteiger partial charge on any atom is -0.326 e. The van der Waals surface area contributed by atoms with Gasteiger partial charge in [0.2, 0.25) is 15.9 Å². The van der Waals surface area contributed by atoms with Crippen molar-refractivity contribution in [2.45, 2.75) is 24.3 Å². The van der Waals surface area contributed by atoms with Gasteiger partial charge in [-0.2, -0.15) is 4.31 Å². The Morgan fingerprint density at radius 3 is 2.50 bits per heavy atom. The first-order chi connectivity index (χ1) is 13.5. The van der Waals surface area contributed by atoms with Gasteiger partial charge < -0.3 is 5.32 Å². The molecular weight excluding hydrogens is 392 g/mol. The molecule has 144 valence electrons. The number of benzene rings is 2. The lowest BCUT2D eigenvalue weighted by Gasteiger charge is -2.36. The van der Waals surface area contributed by atoms with Gasteiger partial charge in [-0.15, -0.1) is 11.3 Å². The summed E-state index contributed by atoms with van der Waals surface area (Å²) in [4.78, 5) is 12.4. The van der Waals surface area contributed by atoms with Gasteiger partial charge in [-0.3, -0.25) is 4.79 Å². The highest BCUT2D eigenvalue weighted by Gasteiger charge is 2.37. The Morgan fingerprint density at radius 2 is 1.82 bits per heavy atom. The Hall–Kier alpha value is -2.48. The minimum atomic E-state index is -3.70. The van der Waals surface area contributed by atoms with Crippen molar-refractivity contribution >= 4 is 33.0 Å². The van der Waals surface area contributed by atoms with Crippen LogP contribution < -0.4 is 5.32 Å². The van der Waals surface area contributed by atoms with Gasteiger partial charge in [0.1, 0.15) is 0 Å². The molecule has 0 saturated carbocycles. The first-order valence-corrected chi connectivity index (χ1v) is 11.3. The zero-order chi connectivity index (χ0) is 19.7. The number of nitrogens with zero attached hydrogens (tertiary/aromatic N) is 1. The van der Waals surface area contributed by atoms with Gasteiger partial charge in [0, 0.05) is 24.0 Å². The number of rotatable bonds is 4. The number of sulfonamides is 1. The highest BCUT2D eigenvalue weighted by Crippen LogP contribution is 2.40. The number of carbonyl (C=O) groups excluding carboxylic acids is 1. The van der Waals surface area contributed by atoms with Crippen LogP contribution in [0.15, 0.2) is 70.9 Å². The fourth-order valence-electron chi connectivity index (χ4n) is 3.59. The Balaban J connectivity index is 1.75. The quantitative estimate of drug-likeness (QED) is 0.703. The summed E-state index contributed by atoms with van der Waals surface area (Å²) in [6, 6.07) is 18.0. The van der Waals surface area contributed by atoms with Gasteiger partial charge in [-0.25, -0.2) is 8.42 Å². The average Bonchev–Trinajstić information content (AvgIpc) is 3.21. The van der Waals surface area contributed by atoms with E-state index in [-0.39, 0.29) is 16.8 Å². The van der Waals surface area contributed by atoms with Gasteiger partial charge in [0.05, 0.1) is 10.9 Å². The molecule has 7 heteroatoms. The van der Waals surface area contributed by atoms with E-state index >= 15 is 0 Å². The number of fused-ring (bicyclic) bond motifs is 1. The van der Waals surface area contributed by atoms with Crippen LogP contribution in [0.2, 0.25) is 0 Å². The fraction of sp³-hybridized carbons (Fsp3) is 0.190. The maximum Gasteiger partial charge on any atom is 0.243 e. The summed E-state index contributed by atoms with van der Waals surface area (Å²) in [5.74, 6) is -0.194. The van der Waals surface area contributed by atoms with Crippen LogP contribution in [0.3, 0.4) is 0 Å². The fourth-order valence-corrected chi connectivity index (χ4v) is 6.10. The molecule has 0 bridgehead atoms. The third kappa shape index (κ3) is 3.48. The summed E-state index contributed by atoms with van der Waals surface area (Å²) in [6.07, 6.45) is 0.682. The second kappa shape index (κ2) is 7.50. The Bertz CT molecular complexity index is 1090. The second-order valence-corrected chi connectivity index (χ2v) is 9.56. The van der Waals surface area contributed by atoms with Crippen molar-refractivity contribution in [2.24, 2.45) is 0 Å². The highest BCUT2D eigenvalue weighted by molar-refractivity contribution is 7.89. The minimum absolute atomic E-state index is 0.194. The lowest BCUT2D eigenvalue weighted by molar-refractivity contribution is -0.114. The number of amides is 1. The van der Waals surface area contributed by atoms with Gasteiger partial charge in [-0.05, 0) is 53.3 Å². The van der Waals surface area contributed by atoms with Gasteiger partial charge in [0.25, 0.3) is 0 Å². The second-order valence-electron chi connectivity index (χ2n) is 6.69. The molecule has 1 N–H and O–H groups in total. The molecule has 1 aromatic heterocycles. The van der Waals surface area contributed by atoms with E-state index in [1.807, 2.05) is 35.7 Å². The molecule has 2 aromatic carbocycles. The maximum absolute atomic E-state index is 13.5. The van der Waals surface area contributed by atoms with E-state index in [9.17, 15) is 13.2 Å². The first-order valence-electron chi connectivity index (χ1n) is 8.97. The molecule has 2 heterocycles. The third-order valence-electron chi connectivity index (χ3n) is 4.83. The molecule has 1 atom stereocenters. The zero-order valence-electron chi connectivity index (χ0n) is 15.3. The summed E-state index contributed by atoms with van der Waals surface area (Å²) < 4.78 is 28.6. The number of anilines is 1. The number of thiophene rings is 1. The van der Waals surface area contributed by atoms with Crippen LogP contribution >= 0.6 is 11.3 Å². The lowest BCUT2D eigenvalue weighted by Crippen LogP contribution is -2.40. The predicted octanol–water partition coefficient (Wildman–Crippen LogP) is 4.04. The zero-order valence-corrected chi connectivity index (χ0v) is 17.0. The monoisotopic (exact) mass is 412 g/mol. The van der Waals surface area contributed by atoms with E-state index in [4.69, 9.17) is 0 Å². The topological polar surface area (TPSA) is 66.5 Å². The SMILES string of the molecule is CC(=O)Nc1ccc(S(=O)(=O)N2CCc3ccccc3C2c2cccs2)cc1. The molecule has 4 rings (SSSR count). The standard InChI is InChI=1S/C21H20N2O3S2/c1-15(24)22-17-8-10-18(11-9-17)28(25,26)23-13-12-16-5-2-3-6-19(16)21(23)20-7-4-14-27-20/h2-11,14,21H,12-13H2,1H3,(H,22,24). The summed E-state index contributed by atoms with van der Waals surface area (Å²) in [6.45, 7) is 1.84. The number of hydrogen-bond acceptors (Lipinski definition) is 4. The first kappa shape index (κ1) is 18.9.